The van der Waals surface area contributed by atoms with E-state index in [-0.39, 0.29) is 17.1 Å². The Labute approximate surface area is 173 Å². The van der Waals surface area contributed by atoms with Crippen molar-refractivity contribution >= 4 is 34.1 Å². The van der Waals surface area contributed by atoms with Crippen molar-refractivity contribution in [2.45, 2.75) is 49.0 Å². The van der Waals surface area contributed by atoms with Gasteiger partial charge in [0.05, 0.1) is 21.9 Å². The van der Waals surface area contributed by atoms with Crippen LogP contribution in [0.3, 0.4) is 0 Å². The molecule has 2 unspecified atom stereocenters. The maximum Gasteiger partial charge on any atom is 0.229 e. The first-order valence-corrected chi connectivity index (χ1v) is 11.3. The Balaban J connectivity index is 1.35. The summed E-state index contributed by atoms with van der Waals surface area (Å²) in [5.41, 5.74) is 2.65. The second kappa shape index (κ2) is 8.49. The average Bonchev–Trinajstić information content (AvgIpc) is 3.37. The van der Waals surface area contributed by atoms with E-state index in [0.717, 1.165) is 41.5 Å². The number of anilines is 1. The lowest BCUT2D eigenvalue weighted by molar-refractivity contribution is -0.120. The lowest BCUT2D eigenvalue weighted by Crippen LogP contribution is -2.28. The molecule has 0 fully saturated rings. The Morgan fingerprint density at radius 3 is 2.93 bits per heavy atom. The number of rotatable bonds is 6. The number of aromatic nitrogens is 2. The molecule has 2 aromatic heterocycles. The molecule has 2 atom stereocenters. The summed E-state index contributed by atoms with van der Waals surface area (Å²) in [7, 11) is 0. The minimum atomic E-state index is 0.00797. The molecule has 2 heterocycles. The molecule has 0 aliphatic heterocycles. The van der Waals surface area contributed by atoms with E-state index in [4.69, 9.17) is 4.42 Å². The smallest absolute Gasteiger partial charge is 0.229 e. The van der Waals surface area contributed by atoms with E-state index in [1.807, 2.05) is 13.0 Å². The normalized spacial score (nSPS) is 17.1. The third-order valence-electron chi connectivity index (χ3n) is 4.99. The van der Waals surface area contributed by atoms with Crippen molar-refractivity contribution in [3.05, 3.63) is 59.4 Å². The molecule has 3 aromatic rings. The number of fused-ring (bicyclic) bond motifs is 1. The Morgan fingerprint density at radius 1 is 1.32 bits per heavy atom. The largest absolute Gasteiger partial charge is 0.445 e. The summed E-state index contributed by atoms with van der Waals surface area (Å²) < 4.78 is 6.76. The van der Waals surface area contributed by atoms with Crippen molar-refractivity contribution in [1.82, 2.24) is 9.97 Å². The molecule has 4 rings (SSSR count). The van der Waals surface area contributed by atoms with E-state index in [0.29, 0.717) is 5.13 Å². The number of benzene rings is 1. The second-order valence-corrected chi connectivity index (χ2v) is 9.63. The Morgan fingerprint density at radius 2 is 2.14 bits per heavy atom. The molecule has 1 N–H and O–H groups in total. The molecule has 28 heavy (non-hydrogen) atoms. The van der Waals surface area contributed by atoms with Crippen LogP contribution in [0.1, 0.15) is 48.3 Å². The van der Waals surface area contributed by atoms with E-state index < -0.39 is 0 Å². The summed E-state index contributed by atoms with van der Waals surface area (Å²) in [5, 5.41) is 3.75. The molecule has 0 spiro atoms. The van der Waals surface area contributed by atoms with Gasteiger partial charge in [-0.3, -0.25) is 4.79 Å². The Hall–Kier alpha value is -2.12. The number of amides is 1. The second-order valence-electron chi connectivity index (χ2n) is 6.96. The minimum Gasteiger partial charge on any atom is -0.445 e. The van der Waals surface area contributed by atoms with E-state index in [2.05, 4.69) is 40.4 Å². The molecular formula is C21H23N3O2S2. The van der Waals surface area contributed by atoms with Crippen LogP contribution in [0.25, 0.3) is 0 Å². The molecule has 0 saturated heterocycles. The molecule has 1 amide bonds. The summed E-state index contributed by atoms with van der Waals surface area (Å²) >= 11 is 3.14. The zero-order chi connectivity index (χ0) is 19.5. The summed E-state index contributed by atoms with van der Waals surface area (Å²) in [6.45, 7) is 4.11. The minimum absolute atomic E-state index is 0.00797. The zero-order valence-electron chi connectivity index (χ0n) is 16.0. The average molecular weight is 414 g/mol. The third kappa shape index (κ3) is 4.31. The zero-order valence-corrected chi connectivity index (χ0v) is 17.6. The Bertz CT molecular complexity index is 966. The number of nitrogens with one attached hydrogen (secondary N) is 1. The highest BCUT2D eigenvalue weighted by Crippen LogP contribution is 2.39. The maximum absolute atomic E-state index is 12.7. The van der Waals surface area contributed by atoms with Crippen LogP contribution in [-0.2, 0) is 24.1 Å². The molecule has 1 aromatic carbocycles. The fourth-order valence-electron chi connectivity index (χ4n) is 3.40. The molecule has 0 bridgehead atoms. The van der Waals surface area contributed by atoms with Gasteiger partial charge in [0.15, 0.2) is 5.13 Å². The first kappa shape index (κ1) is 19.2. The monoisotopic (exact) mass is 413 g/mol. The summed E-state index contributed by atoms with van der Waals surface area (Å²) in [4.78, 5) is 21.4. The first-order chi connectivity index (χ1) is 13.6. The predicted molar refractivity (Wildman–Crippen MR) is 113 cm³/mol. The van der Waals surface area contributed by atoms with E-state index in [1.165, 1.54) is 22.5 Å². The van der Waals surface area contributed by atoms with Crippen molar-refractivity contribution in [2.75, 3.05) is 5.32 Å². The van der Waals surface area contributed by atoms with Gasteiger partial charge in [0.25, 0.3) is 0 Å². The van der Waals surface area contributed by atoms with Crippen molar-refractivity contribution in [3.63, 3.8) is 0 Å². The number of oxazole rings is 1. The fraction of sp³-hybridized carbons (Fsp3) is 0.381. The number of carbonyl (C=O) groups is 1. The molecular weight excluding hydrogens is 390 g/mol. The van der Waals surface area contributed by atoms with Crippen LogP contribution in [0.15, 0.2) is 45.3 Å². The van der Waals surface area contributed by atoms with Crippen molar-refractivity contribution in [2.24, 2.45) is 5.92 Å². The number of hydrogen-bond acceptors (Lipinski definition) is 6. The summed E-state index contributed by atoms with van der Waals surface area (Å²) in [6.07, 6.45) is 7.08. The molecule has 1 aliphatic rings. The van der Waals surface area contributed by atoms with E-state index in [9.17, 15) is 4.79 Å². The standard InChI is InChI=1S/C21H23N3O2S2/c1-3-17-11-22-20(26-17)13(2)27-18-12-23-21(28-18)24-19(25)16-9-8-14-6-4-5-7-15(14)10-16/h4-7,11-13,16H,3,8-10H2,1-2H3,(H,23,24,25). The van der Waals surface area contributed by atoms with Crippen LogP contribution in [-0.4, -0.2) is 15.9 Å². The van der Waals surface area contributed by atoms with Crippen molar-refractivity contribution in [1.29, 1.82) is 0 Å². The summed E-state index contributed by atoms with van der Waals surface area (Å²) in [5.74, 6) is 1.69. The number of nitrogens with zero attached hydrogens (tertiary/aromatic N) is 2. The van der Waals surface area contributed by atoms with Gasteiger partial charge in [-0.15, -0.1) is 11.8 Å². The number of carbonyl (C=O) groups excluding carboxylic acids is 1. The Kier molecular flexibility index (Phi) is 5.82. The lowest BCUT2D eigenvalue weighted by Gasteiger charge is -2.23. The van der Waals surface area contributed by atoms with Crippen LogP contribution in [0.5, 0.6) is 0 Å². The quantitative estimate of drug-likeness (QED) is 0.556. The van der Waals surface area contributed by atoms with Gasteiger partial charge in [-0.1, -0.05) is 42.5 Å². The highest BCUT2D eigenvalue weighted by Gasteiger charge is 2.25. The third-order valence-corrected chi connectivity index (χ3v) is 7.13. The molecule has 0 saturated carbocycles. The number of aryl methyl sites for hydroxylation is 2. The van der Waals surface area contributed by atoms with Crippen molar-refractivity contribution < 1.29 is 9.21 Å². The highest BCUT2D eigenvalue weighted by atomic mass is 32.2. The van der Waals surface area contributed by atoms with Crippen LogP contribution < -0.4 is 5.32 Å². The van der Waals surface area contributed by atoms with Gasteiger partial charge < -0.3 is 9.73 Å². The summed E-state index contributed by atoms with van der Waals surface area (Å²) in [6, 6.07) is 8.39. The molecule has 7 heteroatoms. The van der Waals surface area contributed by atoms with Gasteiger partial charge in [-0.25, -0.2) is 9.97 Å². The van der Waals surface area contributed by atoms with Crippen LogP contribution in [0.2, 0.25) is 0 Å². The van der Waals surface area contributed by atoms with Crippen molar-refractivity contribution in [3.8, 4) is 0 Å². The number of thiazole rings is 1. The van der Waals surface area contributed by atoms with Gasteiger partial charge >= 0.3 is 0 Å². The van der Waals surface area contributed by atoms with Gasteiger partial charge in [-0.2, -0.15) is 0 Å². The maximum atomic E-state index is 12.7. The number of hydrogen-bond donors (Lipinski definition) is 1. The topological polar surface area (TPSA) is 68.0 Å². The molecule has 0 radical (unpaired) electrons. The van der Waals surface area contributed by atoms with Crippen LogP contribution in [0, 0.1) is 5.92 Å². The van der Waals surface area contributed by atoms with Crippen LogP contribution in [0.4, 0.5) is 5.13 Å². The molecule has 5 nitrogen and oxygen atoms in total. The lowest BCUT2D eigenvalue weighted by atomic mass is 9.83. The predicted octanol–water partition coefficient (Wildman–Crippen LogP) is 5.29. The van der Waals surface area contributed by atoms with E-state index in [1.54, 1.807) is 24.2 Å². The van der Waals surface area contributed by atoms with Crippen LogP contribution >= 0.6 is 23.1 Å². The van der Waals surface area contributed by atoms with Gasteiger partial charge in [0, 0.05) is 12.3 Å². The highest BCUT2D eigenvalue weighted by molar-refractivity contribution is 8.01. The number of thioether (sulfide) groups is 1. The SMILES string of the molecule is CCc1cnc(C(C)Sc2cnc(NC(=O)C3CCc4ccccc4C3)s2)o1. The fourth-order valence-corrected chi connectivity index (χ4v) is 5.49. The van der Waals surface area contributed by atoms with Gasteiger partial charge in [0.1, 0.15) is 5.76 Å². The van der Waals surface area contributed by atoms with Gasteiger partial charge in [0.2, 0.25) is 11.8 Å². The first-order valence-electron chi connectivity index (χ1n) is 9.57. The molecule has 146 valence electrons. The van der Waals surface area contributed by atoms with E-state index >= 15 is 0 Å². The van der Waals surface area contributed by atoms with Gasteiger partial charge in [-0.05, 0) is 37.3 Å². The molecule has 1 aliphatic carbocycles.